The van der Waals surface area contributed by atoms with Crippen molar-refractivity contribution in [2.45, 2.75) is 31.8 Å². The number of ether oxygens (including phenoxy) is 1. The van der Waals surface area contributed by atoms with Crippen molar-refractivity contribution in [1.29, 1.82) is 0 Å². The predicted octanol–water partition coefficient (Wildman–Crippen LogP) is 0.805. The number of nitrogens with zero attached hydrogens (tertiary/aromatic N) is 1. The van der Waals surface area contributed by atoms with E-state index in [1.807, 2.05) is 36.4 Å². The van der Waals surface area contributed by atoms with Crippen LogP contribution in [0.3, 0.4) is 0 Å². The van der Waals surface area contributed by atoms with Crippen molar-refractivity contribution in [1.82, 2.24) is 9.55 Å². The van der Waals surface area contributed by atoms with Gasteiger partial charge < -0.3 is 0 Å². The molecular weight excluding hydrogens is 491 g/mol. The van der Waals surface area contributed by atoms with E-state index in [2.05, 4.69) is 29.2 Å². The molecule has 0 bridgehead atoms. The predicted molar refractivity (Wildman–Crippen MR) is 113 cm³/mol. The zero-order chi connectivity index (χ0) is 20.7. The van der Waals surface area contributed by atoms with Crippen molar-refractivity contribution >= 4 is 26.4 Å². The Hall–Kier alpha value is -2.20. The molecule has 7 nitrogen and oxygen atoms in total. The maximum atomic E-state index is 12.3. The number of aromatic nitrogens is 2. The summed E-state index contributed by atoms with van der Waals surface area (Å²) in [6.07, 6.45) is 1.14. The van der Waals surface area contributed by atoms with Crippen LogP contribution in [0.5, 0.6) is 0 Å². The van der Waals surface area contributed by atoms with E-state index < -0.39 is 31.1 Å². The third-order valence-corrected chi connectivity index (χ3v) is 15.4. The monoisotopic (exact) mass is 514 g/mol. The summed E-state index contributed by atoms with van der Waals surface area (Å²) >= 11 is -3.86. The zero-order valence-corrected chi connectivity index (χ0v) is 19.3. The Balaban J connectivity index is 1.50. The van der Waals surface area contributed by atoms with E-state index in [1.165, 1.54) is 4.57 Å². The van der Waals surface area contributed by atoms with Crippen molar-refractivity contribution in [3.05, 3.63) is 93.3 Å². The van der Waals surface area contributed by atoms with E-state index in [0.29, 0.717) is 18.6 Å². The zero-order valence-electron chi connectivity index (χ0n) is 16.5. The summed E-state index contributed by atoms with van der Waals surface area (Å²) in [5, 5.41) is 0. The number of aryl methyl sites for hydroxylation is 1. The molecule has 0 radical (unpaired) electrons. The molecule has 0 aliphatic carbocycles. The van der Waals surface area contributed by atoms with Gasteiger partial charge >= 0.3 is 178 Å². The third kappa shape index (κ3) is 3.35. The van der Waals surface area contributed by atoms with Gasteiger partial charge in [-0.25, -0.2) is 0 Å². The van der Waals surface area contributed by atoms with Gasteiger partial charge in [0.2, 0.25) is 0 Å². The molecule has 3 heterocycles. The van der Waals surface area contributed by atoms with Crippen LogP contribution in [-0.2, 0) is 10.9 Å². The minimum absolute atomic E-state index is 0.181. The molecule has 30 heavy (non-hydrogen) atoms. The van der Waals surface area contributed by atoms with Gasteiger partial charge in [-0.05, 0) is 0 Å². The Morgan fingerprint density at radius 2 is 1.60 bits per heavy atom. The maximum absolute atomic E-state index is 12.3. The fourth-order valence-corrected chi connectivity index (χ4v) is 13.7. The van der Waals surface area contributed by atoms with Crippen LogP contribution in [0.15, 0.2) is 76.4 Å². The van der Waals surface area contributed by atoms with Crippen LogP contribution in [0.4, 0.5) is 0 Å². The molecule has 8 heteroatoms. The van der Waals surface area contributed by atoms with Crippen LogP contribution < -0.4 is 18.4 Å². The van der Waals surface area contributed by atoms with Crippen LogP contribution in [-0.4, -0.2) is 47.6 Å². The third-order valence-electron chi connectivity index (χ3n) is 5.71. The summed E-state index contributed by atoms with van der Waals surface area (Å²) in [7, 11) is 0. The topological polar surface area (TPSA) is 82.6 Å². The van der Waals surface area contributed by atoms with Crippen molar-refractivity contribution in [2.24, 2.45) is 0 Å². The van der Waals surface area contributed by atoms with Crippen molar-refractivity contribution < 1.29 is 10.9 Å². The van der Waals surface area contributed by atoms with Crippen molar-refractivity contribution in [3.8, 4) is 0 Å². The first-order valence-electron chi connectivity index (χ1n) is 9.97. The van der Waals surface area contributed by atoms with Gasteiger partial charge in [0, 0.05) is 0 Å². The second kappa shape index (κ2) is 7.81. The van der Waals surface area contributed by atoms with Crippen LogP contribution >= 0.6 is 0 Å². The first kappa shape index (κ1) is 19.7. The SMILES string of the molecule is Cc1cn([C@@H]2C[C@@H]3[O][Sn]([c]4ccccc4)([c]4ccccc4)[O]C[C@@H]3O2)c(=O)[nH]c1=O. The van der Waals surface area contributed by atoms with Gasteiger partial charge in [0.05, 0.1) is 0 Å². The fourth-order valence-electron chi connectivity index (χ4n) is 4.18. The van der Waals surface area contributed by atoms with E-state index in [9.17, 15) is 9.59 Å². The number of aromatic amines is 1. The standard InChI is InChI=1S/C10H12N2O5.2C6H5.Sn/c1-5-3-12(10(16)11-9(5)15)8-2-6(14)7(4-13)17-8;2*1-2-4-6-5-3-1;/h3,6-8H,2,4H2,1H3,(H,11,15,16);2*1-5H;/q-2;;;+2/t6-,7-,8-;;;/m0.../s1. The average molecular weight is 513 g/mol. The first-order chi connectivity index (χ1) is 14.6. The number of hydrogen-bond acceptors (Lipinski definition) is 5. The molecule has 2 aliphatic heterocycles. The molecule has 0 spiro atoms. The number of fused-ring (bicyclic) bond motifs is 1. The number of H-pyrrole nitrogens is 1. The molecule has 1 N–H and O–H groups in total. The Morgan fingerprint density at radius 1 is 0.967 bits per heavy atom. The summed E-state index contributed by atoms with van der Waals surface area (Å²) in [6, 6.07) is 20.3. The quantitative estimate of drug-likeness (QED) is 0.525. The van der Waals surface area contributed by atoms with E-state index in [4.69, 9.17) is 10.9 Å². The van der Waals surface area contributed by atoms with Gasteiger partial charge in [-0.2, -0.15) is 0 Å². The second-order valence-corrected chi connectivity index (χ2v) is 16.0. The number of hydrogen-bond donors (Lipinski definition) is 1. The van der Waals surface area contributed by atoms with Crippen LogP contribution in [0.25, 0.3) is 0 Å². The van der Waals surface area contributed by atoms with E-state index in [0.717, 1.165) is 7.16 Å². The van der Waals surface area contributed by atoms with Gasteiger partial charge in [0.25, 0.3) is 0 Å². The van der Waals surface area contributed by atoms with Gasteiger partial charge in [0.15, 0.2) is 0 Å². The number of nitrogens with one attached hydrogen (secondary N) is 1. The van der Waals surface area contributed by atoms with E-state index >= 15 is 0 Å². The first-order valence-corrected chi connectivity index (χ1v) is 15.2. The summed E-state index contributed by atoms with van der Waals surface area (Å²) in [4.78, 5) is 26.4. The molecule has 5 rings (SSSR count). The summed E-state index contributed by atoms with van der Waals surface area (Å²) in [5.41, 5.74) is -0.391. The van der Waals surface area contributed by atoms with E-state index in [1.54, 1.807) is 13.1 Å². The normalized spacial score (nSPS) is 25.0. The second-order valence-electron chi connectivity index (χ2n) is 7.66. The summed E-state index contributed by atoms with van der Waals surface area (Å²) < 4.78 is 23.1. The molecule has 0 unspecified atom stereocenters. The van der Waals surface area contributed by atoms with Crippen molar-refractivity contribution in [2.75, 3.05) is 6.61 Å². The number of rotatable bonds is 3. The van der Waals surface area contributed by atoms with Crippen molar-refractivity contribution in [3.63, 3.8) is 0 Å². The molecule has 2 fully saturated rings. The Bertz CT molecular complexity index is 1120. The number of benzene rings is 2. The molecule has 1 aromatic heterocycles. The Labute approximate surface area is 178 Å². The van der Waals surface area contributed by atoms with Gasteiger partial charge in [-0.3, -0.25) is 0 Å². The molecular formula is C22H22N2O5Sn. The molecule has 154 valence electrons. The van der Waals surface area contributed by atoms with Gasteiger partial charge in [0.1, 0.15) is 0 Å². The van der Waals surface area contributed by atoms with Gasteiger partial charge in [-0.1, -0.05) is 0 Å². The summed E-state index contributed by atoms with van der Waals surface area (Å²) in [5.74, 6) is 0. The van der Waals surface area contributed by atoms with Crippen LogP contribution in [0.2, 0.25) is 0 Å². The van der Waals surface area contributed by atoms with Gasteiger partial charge in [-0.15, -0.1) is 0 Å². The Kier molecular flexibility index (Phi) is 5.14. The van der Waals surface area contributed by atoms with Crippen LogP contribution in [0, 0.1) is 6.92 Å². The molecule has 3 atom stereocenters. The molecule has 3 aromatic rings. The fraction of sp³-hybridized carbons (Fsp3) is 0.273. The summed E-state index contributed by atoms with van der Waals surface area (Å²) in [6.45, 7) is 2.08. The molecule has 2 aromatic carbocycles. The molecule has 2 saturated heterocycles. The van der Waals surface area contributed by atoms with Crippen LogP contribution in [0.1, 0.15) is 18.2 Å². The average Bonchev–Trinajstić information content (AvgIpc) is 3.20. The molecule has 0 saturated carbocycles. The Morgan fingerprint density at radius 3 is 2.23 bits per heavy atom. The minimum atomic E-state index is -3.86. The molecule has 0 amide bonds. The molecule has 2 aliphatic rings. The van der Waals surface area contributed by atoms with E-state index in [-0.39, 0.29) is 17.8 Å².